The van der Waals surface area contributed by atoms with Crippen LogP contribution in [0.3, 0.4) is 0 Å². The van der Waals surface area contributed by atoms with Gasteiger partial charge in [0.2, 0.25) is 0 Å². The number of H-pyrrole nitrogens is 1. The van der Waals surface area contributed by atoms with Crippen LogP contribution in [-0.2, 0) is 6.54 Å². The monoisotopic (exact) mass is 373 g/mol. The molecule has 0 aliphatic heterocycles. The van der Waals surface area contributed by atoms with Gasteiger partial charge in [-0.3, -0.25) is 9.78 Å². The molecule has 4 rings (SSSR count). The summed E-state index contributed by atoms with van der Waals surface area (Å²) in [4.78, 5) is 22.5. The number of amides is 1. The van der Waals surface area contributed by atoms with Gasteiger partial charge in [-0.2, -0.15) is 0 Å². The van der Waals surface area contributed by atoms with E-state index in [1.54, 1.807) is 25.3 Å². The Morgan fingerprint density at radius 1 is 1.14 bits per heavy atom. The molecule has 4 aromatic rings. The number of methoxy groups -OCH3 is 1. The molecule has 2 heterocycles. The minimum absolute atomic E-state index is 0.0685. The van der Waals surface area contributed by atoms with Crippen LogP contribution < -0.4 is 4.74 Å². The molecule has 0 aliphatic rings. The van der Waals surface area contributed by atoms with Gasteiger partial charge in [0.25, 0.3) is 5.91 Å². The van der Waals surface area contributed by atoms with Crippen molar-refractivity contribution in [2.24, 2.45) is 0 Å². The van der Waals surface area contributed by atoms with E-state index in [0.29, 0.717) is 12.2 Å². The number of pyridine rings is 1. The zero-order valence-electron chi connectivity index (χ0n) is 16.5. The van der Waals surface area contributed by atoms with Gasteiger partial charge < -0.3 is 14.6 Å². The highest BCUT2D eigenvalue weighted by molar-refractivity contribution is 6.09. The van der Waals surface area contributed by atoms with Crippen LogP contribution in [-0.4, -0.2) is 34.9 Å². The van der Waals surface area contributed by atoms with E-state index in [1.165, 1.54) is 0 Å². The summed E-state index contributed by atoms with van der Waals surface area (Å²) in [6, 6.07) is 14.2. The number of fused-ring (bicyclic) bond motifs is 3. The van der Waals surface area contributed by atoms with E-state index in [9.17, 15) is 4.79 Å². The van der Waals surface area contributed by atoms with Crippen molar-refractivity contribution >= 4 is 27.6 Å². The number of nitrogens with one attached hydrogen (secondary N) is 1. The van der Waals surface area contributed by atoms with Crippen molar-refractivity contribution in [2.75, 3.05) is 14.2 Å². The highest BCUT2D eigenvalue weighted by Crippen LogP contribution is 2.27. The number of hydrogen-bond acceptors (Lipinski definition) is 3. The summed E-state index contributed by atoms with van der Waals surface area (Å²) in [6.07, 6.45) is 1.79. The molecule has 0 saturated carbocycles. The van der Waals surface area contributed by atoms with Gasteiger partial charge in [0, 0.05) is 35.3 Å². The van der Waals surface area contributed by atoms with Gasteiger partial charge >= 0.3 is 0 Å². The maximum Gasteiger partial charge on any atom is 0.270 e. The SMILES string of the molecule is COc1c(C)cnc(CN(C)C(=O)c2cc3c(ccc4ccccc43)[nH]2)c1C. The first kappa shape index (κ1) is 18.0. The van der Waals surface area contributed by atoms with Crippen LogP contribution in [0.25, 0.3) is 21.7 Å². The fourth-order valence-corrected chi connectivity index (χ4v) is 3.73. The van der Waals surface area contributed by atoms with Crippen LogP contribution in [0.2, 0.25) is 0 Å². The second-order valence-electron chi connectivity index (χ2n) is 7.14. The lowest BCUT2D eigenvalue weighted by atomic mass is 10.1. The number of aryl methyl sites for hydroxylation is 1. The summed E-state index contributed by atoms with van der Waals surface area (Å²) in [5.74, 6) is 0.754. The fraction of sp³-hybridized carbons (Fsp3) is 0.217. The molecule has 2 aromatic carbocycles. The predicted molar refractivity (Wildman–Crippen MR) is 112 cm³/mol. The van der Waals surface area contributed by atoms with Crippen molar-refractivity contribution < 1.29 is 9.53 Å². The Morgan fingerprint density at radius 3 is 2.71 bits per heavy atom. The van der Waals surface area contributed by atoms with E-state index in [1.807, 2.05) is 38.1 Å². The van der Waals surface area contributed by atoms with E-state index >= 15 is 0 Å². The Morgan fingerprint density at radius 2 is 1.93 bits per heavy atom. The molecule has 5 nitrogen and oxygen atoms in total. The summed E-state index contributed by atoms with van der Waals surface area (Å²) in [7, 11) is 3.45. The zero-order valence-corrected chi connectivity index (χ0v) is 16.5. The molecule has 5 heteroatoms. The first-order valence-corrected chi connectivity index (χ1v) is 9.24. The molecule has 0 radical (unpaired) electrons. The molecule has 2 aromatic heterocycles. The number of ether oxygens (including phenoxy) is 1. The Hall–Kier alpha value is -3.34. The number of rotatable bonds is 4. The molecule has 0 saturated heterocycles. The zero-order chi connectivity index (χ0) is 19.8. The quantitative estimate of drug-likeness (QED) is 0.568. The number of hydrogen-bond donors (Lipinski definition) is 1. The smallest absolute Gasteiger partial charge is 0.270 e. The van der Waals surface area contributed by atoms with Crippen LogP contribution in [0.15, 0.2) is 48.7 Å². The molecule has 1 amide bonds. The number of benzene rings is 2. The van der Waals surface area contributed by atoms with Crippen molar-refractivity contribution in [3.63, 3.8) is 0 Å². The molecule has 1 N–H and O–H groups in total. The van der Waals surface area contributed by atoms with Crippen molar-refractivity contribution in [1.82, 2.24) is 14.9 Å². The van der Waals surface area contributed by atoms with Crippen molar-refractivity contribution in [3.8, 4) is 5.75 Å². The van der Waals surface area contributed by atoms with Gasteiger partial charge in [-0.25, -0.2) is 0 Å². The van der Waals surface area contributed by atoms with E-state index in [2.05, 4.69) is 28.2 Å². The van der Waals surface area contributed by atoms with Gasteiger partial charge in [-0.05, 0) is 36.8 Å². The van der Waals surface area contributed by atoms with Crippen LogP contribution in [0.1, 0.15) is 27.3 Å². The lowest BCUT2D eigenvalue weighted by Gasteiger charge is -2.19. The molecule has 0 fully saturated rings. The molecule has 0 bridgehead atoms. The summed E-state index contributed by atoms with van der Waals surface area (Å²) >= 11 is 0. The molecule has 0 aliphatic carbocycles. The highest BCUT2D eigenvalue weighted by Gasteiger charge is 2.18. The third-order valence-electron chi connectivity index (χ3n) is 5.24. The Kier molecular flexibility index (Phi) is 4.51. The number of aromatic amines is 1. The molecule has 28 heavy (non-hydrogen) atoms. The van der Waals surface area contributed by atoms with E-state index < -0.39 is 0 Å². The highest BCUT2D eigenvalue weighted by atomic mass is 16.5. The van der Waals surface area contributed by atoms with Crippen LogP contribution >= 0.6 is 0 Å². The van der Waals surface area contributed by atoms with Crippen LogP contribution in [0, 0.1) is 13.8 Å². The lowest BCUT2D eigenvalue weighted by molar-refractivity contribution is 0.0778. The van der Waals surface area contributed by atoms with Crippen LogP contribution in [0.5, 0.6) is 5.75 Å². The predicted octanol–water partition coefficient (Wildman–Crippen LogP) is 4.61. The molecular weight excluding hydrogens is 350 g/mol. The van der Waals surface area contributed by atoms with Gasteiger partial charge in [-0.15, -0.1) is 0 Å². The average Bonchev–Trinajstić information content (AvgIpc) is 3.14. The third-order valence-corrected chi connectivity index (χ3v) is 5.24. The minimum atomic E-state index is -0.0685. The van der Waals surface area contributed by atoms with Gasteiger partial charge in [-0.1, -0.05) is 30.3 Å². The second-order valence-corrected chi connectivity index (χ2v) is 7.14. The van der Waals surface area contributed by atoms with Crippen LogP contribution in [0.4, 0.5) is 0 Å². The summed E-state index contributed by atoms with van der Waals surface area (Å²) in [5, 5.41) is 3.35. The molecule has 0 unspecified atom stereocenters. The maximum atomic E-state index is 13.0. The Bertz CT molecular complexity index is 1190. The van der Waals surface area contributed by atoms with E-state index in [0.717, 1.165) is 44.2 Å². The third kappa shape index (κ3) is 2.99. The topological polar surface area (TPSA) is 58.2 Å². The number of nitrogens with zero attached hydrogens (tertiary/aromatic N) is 2. The maximum absolute atomic E-state index is 13.0. The second kappa shape index (κ2) is 7.00. The molecule has 0 spiro atoms. The normalized spacial score (nSPS) is 11.1. The van der Waals surface area contributed by atoms with Gasteiger partial charge in [0.15, 0.2) is 0 Å². The molecule has 0 atom stereocenters. The van der Waals surface area contributed by atoms with E-state index in [4.69, 9.17) is 4.74 Å². The molecule has 142 valence electrons. The Balaban J connectivity index is 1.65. The van der Waals surface area contributed by atoms with Crippen molar-refractivity contribution in [3.05, 3.63) is 71.2 Å². The number of carbonyl (C=O) groups excluding carboxylic acids is 1. The minimum Gasteiger partial charge on any atom is -0.496 e. The van der Waals surface area contributed by atoms with E-state index in [-0.39, 0.29) is 5.91 Å². The van der Waals surface area contributed by atoms with Crippen molar-refractivity contribution in [1.29, 1.82) is 0 Å². The average molecular weight is 373 g/mol. The lowest BCUT2D eigenvalue weighted by Crippen LogP contribution is -2.27. The number of aromatic nitrogens is 2. The first-order valence-electron chi connectivity index (χ1n) is 9.24. The Labute approximate surface area is 164 Å². The largest absolute Gasteiger partial charge is 0.496 e. The fourth-order valence-electron chi connectivity index (χ4n) is 3.73. The first-order chi connectivity index (χ1) is 13.5. The number of carbonyl (C=O) groups is 1. The van der Waals surface area contributed by atoms with Gasteiger partial charge in [0.1, 0.15) is 11.4 Å². The molecular formula is C23H23N3O2. The standard InChI is InChI=1S/C23H23N3O2/c1-14-12-24-21(15(2)22(14)28-4)13-26(3)23(27)20-11-18-17-8-6-5-7-16(17)9-10-19(18)25-20/h5-12,25H,13H2,1-4H3. The van der Waals surface area contributed by atoms with Gasteiger partial charge in [0.05, 0.1) is 19.3 Å². The van der Waals surface area contributed by atoms with Crippen molar-refractivity contribution in [2.45, 2.75) is 20.4 Å². The summed E-state index contributed by atoms with van der Waals surface area (Å²) in [6.45, 7) is 4.35. The summed E-state index contributed by atoms with van der Waals surface area (Å²) < 4.78 is 5.47. The summed E-state index contributed by atoms with van der Waals surface area (Å²) in [5.41, 5.74) is 4.32.